The average molecular weight is 361 g/mol. The summed E-state index contributed by atoms with van der Waals surface area (Å²) in [6.07, 6.45) is 1.72. The molecule has 6 heteroatoms. The van der Waals surface area contributed by atoms with Crippen LogP contribution in [0, 0.1) is 5.82 Å². The third-order valence-corrected chi connectivity index (χ3v) is 3.95. The van der Waals surface area contributed by atoms with E-state index in [4.69, 9.17) is 11.6 Å². The van der Waals surface area contributed by atoms with Crippen molar-refractivity contribution in [1.82, 2.24) is 15.1 Å². The Morgan fingerprint density at radius 3 is 2.70 bits per heavy atom. The number of hydrogen-bond acceptors (Lipinski definition) is 2. The van der Waals surface area contributed by atoms with Crippen molar-refractivity contribution in [3.05, 3.63) is 51.0 Å². The van der Waals surface area contributed by atoms with Gasteiger partial charge in [0, 0.05) is 16.6 Å². The van der Waals surface area contributed by atoms with Gasteiger partial charge in [-0.15, -0.1) is 0 Å². The summed E-state index contributed by atoms with van der Waals surface area (Å²) < 4.78 is 16.8. The molecule has 0 saturated carbocycles. The molecule has 0 saturated heterocycles. The molecule has 1 N–H and O–H groups in total. The van der Waals surface area contributed by atoms with Crippen LogP contribution in [0.1, 0.15) is 37.2 Å². The minimum atomic E-state index is -0.326. The van der Waals surface area contributed by atoms with Crippen molar-refractivity contribution in [2.45, 2.75) is 25.9 Å². The molecule has 1 aromatic carbocycles. The topological polar surface area (TPSA) is 29.9 Å². The van der Waals surface area contributed by atoms with Crippen molar-refractivity contribution in [3.8, 4) is 0 Å². The molecule has 1 atom stereocenters. The van der Waals surface area contributed by atoms with Crippen LogP contribution in [0.3, 0.4) is 0 Å². The zero-order chi connectivity index (χ0) is 14.9. The zero-order valence-electron chi connectivity index (χ0n) is 11.5. The quantitative estimate of drug-likeness (QED) is 0.879. The second-order valence-electron chi connectivity index (χ2n) is 4.80. The molecule has 0 aliphatic rings. The van der Waals surface area contributed by atoms with Gasteiger partial charge in [-0.1, -0.05) is 11.6 Å². The Morgan fingerprint density at radius 2 is 2.10 bits per heavy atom. The summed E-state index contributed by atoms with van der Waals surface area (Å²) in [5, 5.41) is 7.98. The van der Waals surface area contributed by atoms with Gasteiger partial charge in [-0.25, -0.2) is 4.39 Å². The fraction of sp³-hybridized carbons (Fsp3) is 0.357. The molecule has 0 fully saturated rings. The van der Waals surface area contributed by atoms with Gasteiger partial charge in [-0.2, -0.15) is 5.10 Å². The van der Waals surface area contributed by atoms with Crippen LogP contribution in [-0.2, 0) is 0 Å². The number of benzene rings is 1. The molecule has 1 aromatic heterocycles. The van der Waals surface area contributed by atoms with Gasteiger partial charge in [-0.05, 0) is 55.0 Å². The van der Waals surface area contributed by atoms with E-state index in [-0.39, 0.29) is 17.9 Å². The molecular formula is C14H16BrClFN3. The number of nitrogens with one attached hydrogen (secondary N) is 1. The fourth-order valence-corrected chi connectivity index (χ4v) is 2.89. The lowest BCUT2D eigenvalue weighted by atomic mass is 10.0. The van der Waals surface area contributed by atoms with Gasteiger partial charge in [0.05, 0.1) is 22.4 Å². The highest BCUT2D eigenvalue weighted by molar-refractivity contribution is 9.10. The van der Waals surface area contributed by atoms with Crippen LogP contribution < -0.4 is 5.32 Å². The largest absolute Gasteiger partial charge is 0.308 e. The minimum absolute atomic E-state index is 0.175. The van der Waals surface area contributed by atoms with Crippen LogP contribution >= 0.6 is 27.5 Å². The fourth-order valence-electron chi connectivity index (χ4n) is 2.21. The van der Waals surface area contributed by atoms with E-state index >= 15 is 0 Å². The molecule has 108 valence electrons. The molecule has 0 aliphatic carbocycles. The normalized spacial score (nSPS) is 12.9. The van der Waals surface area contributed by atoms with Gasteiger partial charge >= 0.3 is 0 Å². The van der Waals surface area contributed by atoms with Crippen LogP contribution in [0.5, 0.6) is 0 Å². The second-order valence-corrected chi connectivity index (χ2v) is 6.09. The summed E-state index contributed by atoms with van der Waals surface area (Å²) in [6, 6.07) is 4.41. The maximum absolute atomic E-state index is 14.1. The van der Waals surface area contributed by atoms with Gasteiger partial charge in [0.1, 0.15) is 5.82 Å². The first kappa shape index (κ1) is 15.5. The predicted molar refractivity (Wildman–Crippen MR) is 82.6 cm³/mol. The van der Waals surface area contributed by atoms with E-state index < -0.39 is 0 Å². The highest BCUT2D eigenvalue weighted by Crippen LogP contribution is 2.32. The molecule has 1 heterocycles. The van der Waals surface area contributed by atoms with Crippen molar-refractivity contribution in [1.29, 1.82) is 0 Å². The Morgan fingerprint density at radius 1 is 1.40 bits per heavy atom. The van der Waals surface area contributed by atoms with E-state index in [0.717, 1.165) is 10.2 Å². The Bertz CT molecular complexity index is 612. The van der Waals surface area contributed by atoms with Crippen LogP contribution in [-0.4, -0.2) is 16.8 Å². The summed E-state index contributed by atoms with van der Waals surface area (Å²) in [5.74, 6) is -0.294. The maximum atomic E-state index is 14.1. The number of halogens is 3. The van der Waals surface area contributed by atoms with Crippen LogP contribution in [0.15, 0.2) is 28.9 Å². The summed E-state index contributed by atoms with van der Waals surface area (Å²) in [5.41, 5.74) is 1.38. The van der Waals surface area contributed by atoms with Crippen molar-refractivity contribution < 1.29 is 4.39 Å². The smallest absolute Gasteiger partial charge is 0.128 e. The zero-order valence-corrected chi connectivity index (χ0v) is 13.8. The molecule has 2 aromatic rings. The van der Waals surface area contributed by atoms with Gasteiger partial charge in [0.2, 0.25) is 0 Å². The van der Waals surface area contributed by atoms with Crippen LogP contribution in [0.2, 0.25) is 5.02 Å². The highest BCUT2D eigenvalue weighted by Gasteiger charge is 2.24. The van der Waals surface area contributed by atoms with E-state index in [1.165, 1.54) is 6.07 Å². The Labute approximate surface area is 131 Å². The van der Waals surface area contributed by atoms with Crippen molar-refractivity contribution >= 4 is 27.5 Å². The standard InChI is InChI=1S/C14H16BrClFN3/c1-8(2)20-14(11(15)7-19-20)13(18-3)10-6-9(16)4-5-12(10)17/h4-8,13,18H,1-3H3. The molecule has 0 spiro atoms. The van der Waals surface area contributed by atoms with E-state index in [1.807, 2.05) is 18.5 Å². The minimum Gasteiger partial charge on any atom is -0.308 e. The summed E-state index contributed by atoms with van der Waals surface area (Å²) in [4.78, 5) is 0. The van der Waals surface area contributed by atoms with Crippen LogP contribution in [0.4, 0.5) is 4.39 Å². The first-order valence-corrected chi connectivity index (χ1v) is 7.48. The van der Waals surface area contributed by atoms with Crippen LogP contribution in [0.25, 0.3) is 0 Å². The summed E-state index contributed by atoms with van der Waals surface area (Å²) in [7, 11) is 1.79. The van der Waals surface area contributed by atoms with Gasteiger partial charge < -0.3 is 5.32 Å². The molecular weight excluding hydrogens is 345 g/mol. The first-order chi connectivity index (χ1) is 9.45. The molecule has 0 amide bonds. The molecule has 0 bridgehead atoms. The monoisotopic (exact) mass is 359 g/mol. The van der Waals surface area contributed by atoms with E-state index in [1.54, 1.807) is 25.4 Å². The highest BCUT2D eigenvalue weighted by atomic mass is 79.9. The summed E-state index contributed by atoms with van der Waals surface area (Å²) >= 11 is 9.48. The Balaban J connectivity index is 2.58. The van der Waals surface area contributed by atoms with E-state index in [9.17, 15) is 4.39 Å². The number of aromatic nitrogens is 2. The number of hydrogen-bond donors (Lipinski definition) is 1. The van der Waals surface area contributed by atoms with Crippen molar-refractivity contribution in [3.63, 3.8) is 0 Å². The molecule has 0 radical (unpaired) electrons. The first-order valence-electron chi connectivity index (χ1n) is 6.30. The third kappa shape index (κ3) is 2.90. The summed E-state index contributed by atoms with van der Waals surface area (Å²) in [6.45, 7) is 4.06. The Kier molecular flexibility index (Phi) is 4.83. The molecule has 3 nitrogen and oxygen atoms in total. The lowest BCUT2D eigenvalue weighted by Crippen LogP contribution is -2.23. The number of rotatable bonds is 4. The molecule has 0 aliphatic heterocycles. The van der Waals surface area contributed by atoms with Crippen molar-refractivity contribution in [2.24, 2.45) is 0 Å². The molecule has 1 unspecified atom stereocenters. The molecule has 2 rings (SSSR count). The van der Waals surface area contributed by atoms with Crippen molar-refractivity contribution in [2.75, 3.05) is 7.05 Å². The van der Waals surface area contributed by atoms with E-state index in [2.05, 4.69) is 26.3 Å². The van der Waals surface area contributed by atoms with E-state index in [0.29, 0.717) is 10.6 Å². The average Bonchev–Trinajstić information content (AvgIpc) is 2.77. The number of nitrogens with zero attached hydrogens (tertiary/aromatic N) is 2. The third-order valence-electron chi connectivity index (χ3n) is 3.11. The maximum Gasteiger partial charge on any atom is 0.128 e. The lowest BCUT2D eigenvalue weighted by molar-refractivity contribution is 0.475. The van der Waals surface area contributed by atoms with Gasteiger partial charge in [0.25, 0.3) is 0 Å². The SMILES string of the molecule is CNC(c1cc(Cl)ccc1F)c1c(Br)cnn1C(C)C. The lowest BCUT2D eigenvalue weighted by Gasteiger charge is -2.21. The van der Waals surface area contributed by atoms with Gasteiger partial charge in [0.15, 0.2) is 0 Å². The van der Waals surface area contributed by atoms with Gasteiger partial charge in [-0.3, -0.25) is 4.68 Å². The second kappa shape index (κ2) is 6.24. The molecule has 20 heavy (non-hydrogen) atoms. The Hall–Kier alpha value is -0.910. The predicted octanol–water partition coefficient (Wildman–Crippen LogP) is 4.33.